The highest BCUT2D eigenvalue weighted by Crippen LogP contribution is 2.20. The van der Waals surface area contributed by atoms with Crippen molar-refractivity contribution in [2.75, 3.05) is 31.1 Å². The number of halogens is 1. The molecule has 0 saturated carbocycles. The topological polar surface area (TPSA) is 52.6 Å². The minimum Gasteiger partial charge on any atom is -0.357 e. The molecule has 0 atom stereocenters. The van der Waals surface area contributed by atoms with Gasteiger partial charge in [0, 0.05) is 32.4 Å². The summed E-state index contributed by atoms with van der Waals surface area (Å²) in [5, 5.41) is 6.83. The Labute approximate surface area is 181 Å². The molecule has 0 amide bonds. The Bertz CT molecular complexity index is 623. The van der Waals surface area contributed by atoms with Crippen LogP contribution in [-0.4, -0.2) is 37.1 Å². The lowest BCUT2D eigenvalue weighted by molar-refractivity contribution is 0.665. The van der Waals surface area contributed by atoms with E-state index in [1.165, 1.54) is 44.1 Å². The van der Waals surface area contributed by atoms with E-state index in [-0.39, 0.29) is 24.0 Å². The monoisotopic (exact) mass is 483 g/mol. The van der Waals surface area contributed by atoms with Crippen LogP contribution in [-0.2, 0) is 6.54 Å². The summed E-state index contributed by atoms with van der Waals surface area (Å²) < 4.78 is 0. The van der Waals surface area contributed by atoms with E-state index in [9.17, 15) is 0 Å². The Kier molecular flexibility index (Phi) is 9.94. The van der Waals surface area contributed by atoms with Gasteiger partial charge in [0.25, 0.3) is 0 Å². The lowest BCUT2D eigenvalue weighted by Crippen LogP contribution is -2.37. The molecule has 2 N–H and O–H groups in total. The van der Waals surface area contributed by atoms with Crippen molar-refractivity contribution in [3.8, 4) is 0 Å². The molecule has 1 fully saturated rings. The molecule has 0 spiro atoms. The smallest absolute Gasteiger partial charge is 0.191 e. The average molecular weight is 483 g/mol. The molecule has 2 heterocycles. The van der Waals surface area contributed by atoms with Gasteiger partial charge in [-0.05, 0) is 69.6 Å². The first-order chi connectivity index (χ1) is 12.8. The lowest BCUT2D eigenvalue weighted by atomic mass is 9.97. The second kappa shape index (κ2) is 12.2. The molecule has 5 nitrogen and oxygen atoms in total. The quantitative estimate of drug-likeness (QED) is 0.264. The van der Waals surface area contributed by atoms with Crippen LogP contribution < -0.4 is 15.5 Å². The van der Waals surface area contributed by atoms with Crippen LogP contribution in [0.4, 0.5) is 5.82 Å². The number of rotatable bonds is 7. The van der Waals surface area contributed by atoms with E-state index in [0.717, 1.165) is 44.4 Å². The normalized spacial score (nSPS) is 17.3. The number of anilines is 1. The minimum absolute atomic E-state index is 0. The zero-order valence-corrected chi connectivity index (χ0v) is 18.9. The molecule has 1 aliphatic carbocycles. The SMILES string of the molecule is CCNC(=NCc1ccnc(N2CCCC2)c1)NCCC1=CCCCC1.I. The van der Waals surface area contributed by atoms with Crippen LogP contribution in [0.3, 0.4) is 0 Å². The number of hydrogen-bond donors (Lipinski definition) is 2. The Morgan fingerprint density at radius 1 is 1.19 bits per heavy atom. The predicted molar refractivity (Wildman–Crippen MR) is 125 cm³/mol. The largest absolute Gasteiger partial charge is 0.357 e. The summed E-state index contributed by atoms with van der Waals surface area (Å²) in [4.78, 5) is 11.7. The number of pyridine rings is 1. The molecular formula is C21H34IN5. The van der Waals surface area contributed by atoms with Crippen LogP contribution in [0.1, 0.15) is 57.4 Å². The van der Waals surface area contributed by atoms with Crippen molar-refractivity contribution in [1.82, 2.24) is 15.6 Å². The highest BCUT2D eigenvalue weighted by atomic mass is 127. The molecular weight excluding hydrogens is 449 g/mol. The van der Waals surface area contributed by atoms with E-state index in [1.54, 1.807) is 5.57 Å². The van der Waals surface area contributed by atoms with Gasteiger partial charge in [-0.1, -0.05) is 11.6 Å². The summed E-state index contributed by atoms with van der Waals surface area (Å²) in [6, 6.07) is 4.25. The van der Waals surface area contributed by atoms with E-state index in [4.69, 9.17) is 4.99 Å². The standard InChI is InChI=1S/C21H33N5.HI/c1-2-22-21(24-13-10-18-8-4-3-5-9-18)25-17-19-11-12-23-20(16-19)26-14-6-7-15-26;/h8,11-12,16H,2-7,9-10,13-15,17H2,1H3,(H2,22,24,25);1H. The summed E-state index contributed by atoms with van der Waals surface area (Å²) in [6.07, 6.45) is 13.2. The summed E-state index contributed by atoms with van der Waals surface area (Å²) in [7, 11) is 0. The number of nitrogens with one attached hydrogen (secondary N) is 2. The Balaban J connectivity index is 0.00000261. The van der Waals surface area contributed by atoms with Crippen molar-refractivity contribution < 1.29 is 0 Å². The van der Waals surface area contributed by atoms with Gasteiger partial charge in [0.1, 0.15) is 5.82 Å². The van der Waals surface area contributed by atoms with E-state index < -0.39 is 0 Å². The van der Waals surface area contributed by atoms with Crippen LogP contribution in [0, 0.1) is 0 Å². The zero-order chi connectivity index (χ0) is 18.0. The van der Waals surface area contributed by atoms with Gasteiger partial charge >= 0.3 is 0 Å². The fraction of sp³-hybridized carbons (Fsp3) is 0.619. The molecule has 1 aromatic rings. The van der Waals surface area contributed by atoms with Crippen LogP contribution in [0.5, 0.6) is 0 Å². The molecule has 0 unspecified atom stereocenters. The number of allylic oxidation sites excluding steroid dienone is 1. The summed E-state index contributed by atoms with van der Waals surface area (Å²) in [5.41, 5.74) is 2.82. The molecule has 0 radical (unpaired) electrons. The minimum atomic E-state index is 0. The van der Waals surface area contributed by atoms with Gasteiger partial charge in [0.05, 0.1) is 6.54 Å². The molecule has 1 aliphatic heterocycles. The van der Waals surface area contributed by atoms with Crippen LogP contribution in [0.2, 0.25) is 0 Å². The van der Waals surface area contributed by atoms with E-state index >= 15 is 0 Å². The fourth-order valence-corrected chi connectivity index (χ4v) is 3.66. The molecule has 1 aromatic heterocycles. The van der Waals surface area contributed by atoms with Gasteiger partial charge in [-0.15, -0.1) is 24.0 Å². The number of nitrogens with zero attached hydrogens (tertiary/aromatic N) is 3. The molecule has 27 heavy (non-hydrogen) atoms. The number of hydrogen-bond acceptors (Lipinski definition) is 3. The first-order valence-corrected chi connectivity index (χ1v) is 10.2. The molecule has 6 heteroatoms. The van der Waals surface area contributed by atoms with Crippen molar-refractivity contribution in [2.45, 2.75) is 58.4 Å². The molecule has 0 aromatic carbocycles. The lowest BCUT2D eigenvalue weighted by Gasteiger charge is -2.17. The first kappa shape index (κ1) is 22.0. The highest BCUT2D eigenvalue weighted by molar-refractivity contribution is 14.0. The van der Waals surface area contributed by atoms with Crippen molar-refractivity contribution in [1.29, 1.82) is 0 Å². The number of guanidine groups is 1. The van der Waals surface area contributed by atoms with Crippen molar-refractivity contribution in [3.63, 3.8) is 0 Å². The van der Waals surface area contributed by atoms with Gasteiger partial charge in [-0.2, -0.15) is 0 Å². The predicted octanol–water partition coefficient (Wildman–Crippen LogP) is 4.25. The third kappa shape index (κ3) is 7.31. The maximum absolute atomic E-state index is 4.76. The molecule has 3 rings (SSSR count). The van der Waals surface area contributed by atoms with Gasteiger partial charge in [0.15, 0.2) is 5.96 Å². The Hall–Kier alpha value is -1.31. The maximum atomic E-state index is 4.76. The second-order valence-corrected chi connectivity index (χ2v) is 7.20. The first-order valence-electron chi connectivity index (χ1n) is 10.2. The summed E-state index contributed by atoms with van der Waals surface area (Å²) >= 11 is 0. The van der Waals surface area contributed by atoms with E-state index in [1.807, 2.05) is 6.20 Å². The van der Waals surface area contributed by atoms with E-state index in [2.05, 4.69) is 45.6 Å². The van der Waals surface area contributed by atoms with E-state index in [0.29, 0.717) is 6.54 Å². The Morgan fingerprint density at radius 2 is 2.04 bits per heavy atom. The molecule has 1 saturated heterocycles. The zero-order valence-electron chi connectivity index (χ0n) is 16.5. The van der Waals surface area contributed by atoms with Crippen molar-refractivity contribution in [3.05, 3.63) is 35.5 Å². The van der Waals surface area contributed by atoms with Crippen LogP contribution >= 0.6 is 24.0 Å². The highest BCUT2D eigenvalue weighted by Gasteiger charge is 2.13. The van der Waals surface area contributed by atoms with Crippen LogP contribution in [0.25, 0.3) is 0 Å². The van der Waals surface area contributed by atoms with Gasteiger partial charge in [-0.3, -0.25) is 0 Å². The maximum Gasteiger partial charge on any atom is 0.191 e. The summed E-state index contributed by atoms with van der Waals surface area (Å²) in [6.45, 7) is 6.87. The molecule has 2 aliphatic rings. The number of aromatic nitrogens is 1. The number of aliphatic imine (C=N–C) groups is 1. The van der Waals surface area contributed by atoms with Crippen molar-refractivity contribution >= 4 is 35.8 Å². The van der Waals surface area contributed by atoms with Crippen molar-refractivity contribution in [2.24, 2.45) is 4.99 Å². The third-order valence-corrected chi connectivity index (χ3v) is 5.13. The third-order valence-electron chi connectivity index (χ3n) is 5.13. The Morgan fingerprint density at radius 3 is 2.78 bits per heavy atom. The fourth-order valence-electron chi connectivity index (χ4n) is 3.66. The summed E-state index contributed by atoms with van der Waals surface area (Å²) in [5.74, 6) is 2.00. The molecule has 150 valence electrons. The van der Waals surface area contributed by atoms with Gasteiger partial charge < -0.3 is 15.5 Å². The van der Waals surface area contributed by atoms with Gasteiger partial charge in [0.2, 0.25) is 0 Å². The van der Waals surface area contributed by atoms with Gasteiger partial charge in [-0.25, -0.2) is 9.98 Å². The average Bonchev–Trinajstić information content (AvgIpc) is 3.22. The second-order valence-electron chi connectivity index (χ2n) is 7.20. The van der Waals surface area contributed by atoms with Crippen LogP contribution in [0.15, 0.2) is 35.0 Å². The molecule has 0 bridgehead atoms.